The van der Waals surface area contributed by atoms with E-state index in [9.17, 15) is 5.11 Å². The van der Waals surface area contributed by atoms with E-state index < -0.39 is 6.10 Å². The molecule has 21 heavy (non-hydrogen) atoms. The standard InChI is InChI=1S/C17H20N2OS/c1-12(9-16(20)17-7-4-8-21-17)19-13(2)15-6-3-5-14(10-15)11-18/h3-8,10,12-13,16,19-20H,9H2,1-2H3. The summed E-state index contributed by atoms with van der Waals surface area (Å²) in [5.74, 6) is 0. The molecule has 2 rings (SSSR count). The number of nitriles is 1. The molecule has 0 radical (unpaired) electrons. The fraction of sp³-hybridized carbons (Fsp3) is 0.353. The Labute approximate surface area is 129 Å². The van der Waals surface area contributed by atoms with E-state index in [1.807, 2.05) is 35.7 Å². The van der Waals surface area contributed by atoms with Crippen LogP contribution in [0.15, 0.2) is 41.8 Å². The zero-order valence-electron chi connectivity index (χ0n) is 12.3. The molecule has 0 amide bonds. The van der Waals surface area contributed by atoms with Gasteiger partial charge < -0.3 is 10.4 Å². The Morgan fingerprint density at radius 2 is 2.10 bits per heavy atom. The second kappa shape index (κ2) is 7.37. The van der Waals surface area contributed by atoms with E-state index in [2.05, 4.69) is 25.2 Å². The third kappa shape index (κ3) is 4.40. The van der Waals surface area contributed by atoms with Crippen LogP contribution in [0.4, 0.5) is 0 Å². The lowest BCUT2D eigenvalue weighted by molar-refractivity contribution is 0.155. The van der Waals surface area contributed by atoms with Crippen LogP contribution in [-0.2, 0) is 0 Å². The number of aliphatic hydroxyl groups is 1. The molecular weight excluding hydrogens is 280 g/mol. The molecule has 2 aromatic rings. The molecule has 110 valence electrons. The summed E-state index contributed by atoms with van der Waals surface area (Å²) in [4.78, 5) is 1.00. The number of nitrogens with zero attached hydrogens (tertiary/aromatic N) is 1. The highest BCUT2D eigenvalue weighted by Gasteiger charge is 2.15. The van der Waals surface area contributed by atoms with Crippen molar-refractivity contribution in [1.82, 2.24) is 5.32 Å². The first-order chi connectivity index (χ1) is 10.1. The van der Waals surface area contributed by atoms with Gasteiger partial charge in [0.25, 0.3) is 0 Å². The summed E-state index contributed by atoms with van der Waals surface area (Å²) in [6.07, 6.45) is 0.244. The molecular formula is C17H20N2OS. The van der Waals surface area contributed by atoms with E-state index in [-0.39, 0.29) is 12.1 Å². The number of nitrogens with one attached hydrogen (secondary N) is 1. The molecule has 0 aliphatic rings. The van der Waals surface area contributed by atoms with Crippen LogP contribution in [-0.4, -0.2) is 11.1 Å². The van der Waals surface area contributed by atoms with E-state index in [0.29, 0.717) is 12.0 Å². The first-order valence-electron chi connectivity index (χ1n) is 7.07. The Bertz CT molecular complexity index is 604. The molecule has 0 saturated heterocycles. The van der Waals surface area contributed by atoms with Gasteiger partial charge in [0.1, 0.15) is 0 Å². The van der Waals surface area contributed by atoms with Gasteiger partial charge in [0.05, 0.1) is 17.7 Å². The Hall–Kier alpha value is -1.67. The molecule has 3 atom stereocenters. The van der Waals surface area contributed by atoms with Crippen LogP contribution in [0.3, 0.4) is 0 Å². The van der Waals surface area contributed by atoms with Gasteiger partial charge in [-0.3, -0.25) is 0 Å². The van der Waals surface area contributed by atoms with E-state index in [1.54, 1.807) is 17.4 Å². The van der Waals surface area contributed by atoms with Gasteiger partial charge in [-0.1, -0.05) is 18.2 Å². The van der Waals surface area contributed by atoms with E-state index >= 15 is 0 Å². The molecule has 2 N–H and O–H groups in total. The van der Waals surface area contributed by atoms with E-state index in [0.717, 1.165) is 10.4 Å². The van der Waals surface area contributed by atoms with Gasteiger partial charge >= 0.3 is 0 Å². The maximum atomic E-state index is 10.2. The minimum Gasteiger partial charge on any atom is -0.388 e. The molecule has 1 heterocycles. The van der Waals surface area contributed by atoms with Gasteiger partial charge in [0.2, 0.25) is 0 Å². The van der Waals surface area contributed by atoms with Gasteiger partial charge in [0.15, 0.2) is 0 Å². The Morgan fingerprint density at radius 3 is 2.76 bits per heavy atom. The topological polar surface area (TPSA) is 56.0 Å². The van der Waals surface area contributed by atoms with Crippen LogP contribution >= 0.6 is 11.3 Å². The molecule has 3 unspecified atom stereocenters. The molecule has 0 aliphatic carbocycles. The summed E-state index contributed by atoms with van der Waals surface area (Å²) in [5.41, 5.74) is 1.76. The molecule has 0 bridgehead atoms. The largest absolute Gasteiger partial charge is 0.388 e. The van der Waals surface area contributed by atoms with Crippen molar-refractivity contribution in [1.29, 1.82) is 5.26 Å². The Kier molecular flexibility index (Phi) is 5.51. The van der Waals surface area contributed by atoms with Crippen LogP contribution < -0.4 is 5.32 Å². The number of benzene rings is 1. The molecule has 0 aliphatic heterocycles. The monoisotopic (exact) mass is 300 g/mol. The zero-order chi connectivity index (χ0) is 15.2. The fourth-order valence-corrected chi connectivity index (χ4v) is 3.13. The van der Waals surface area contributed by atoms with Crippen LogP contribution in [0, 0.1) is 11.3 Å². The maximum Gasteiger partial charge on any atom is 0.0991 e. The van der Waals surface area contributed by atoms with Gasteiger partial charge in [-0.15, -0.1) is 11.3 Å². The number of hydrogen-bond donors (Lipinski definition) is 2. The van der Waals surface area contributed by atoms with Gasteiger partial charge in [-0.25, -0.2) is 0 Å². The first-order valence-corrected chi connectivity index (χ1v) is 7.95. The lowest BCUT2D eigenvalue weighted by Gasteiger charge is -2.22. The summed E-state index contributed by atoms with van der Waals surface area (Å²) < 4.78 is 0. The van der Waals surface area contributed by atoms with Crippen LogP contribution in [0.5, 0.6) is 0 Å². The molecule has 1 aromatic carbocycles. The highest BCUT2D eigenvalue weighted by Crippen LogP contribution is 2.24. The van der Waals surface area contributed by atoms with Crippen LogP contribution in [0.25, 0.3) is 0 Å². The molecule has 4 heteroatoms. The van der Waals surface area contributed by atoms with Crippen molar-refractivity contribution in [3.8, 4) is 6.07 Å². The van der Waals surface area contributed by atoms with Crippen molar-refractivity contribution < 1.29 is 5.11 Å². The van der Waals surface area contributed by atoms with E-state index in [1.165, 1.54) is 0 Å². The third-order valence-electron chi connectivity index (χ3n) is 3.50. The number of aliphatic hydroxyl groups excluding tert-OH is 1. The normalized spacial score (nSPS) is 15.1. The highest BCUT2D eigenvalue weighted by molar-refractivity contribution is 7.10. The fourth-order valence-electron chi connectivity index (χ4n) is 2.40. The average Bonchev–Trinajstić information content (AvgIpc) is 3.01. The van der Waals surface area contributed by atoms with Gasteiger partial charge in [-0.2, -0.15) is 5.26 Å². The highest BCUT2D eigenvalue weighted by atomic mass is 32.1. The number of rotatable bonds is 6. The van der Waals surface area contributed by atoms with Crippen LogP contribution in [0.2, 0.25) is 0 Å². The smallest absolute Gasteiger partial charge is 0.0991 e. The molecule has 1 aromatic heterocycles. The van der Waals surface area contributed by atoms with Crippen molar-refractivity contribution in [3.63, 3.8) is 0 Å². The van der Waals surface area contributed by atoms with Gasteiger partial charge in [0, 0.05) is 17.0 Å². The second-order valence-electron chi connectivity index (χ2n) is 5.29. The Morgan fingerprint density at radius 1 is 1.29 bits per heavy atom. The summed E-state index contributed by atoms with van der Waals surface area (Å²) in [6.45, 7) is 4.14. The predicted octanol–water partition coefficient (Wildman–Crippen LogP) is 3.78. The Balaban J connectivity index is 1.92. The maximum absolute atomic E-state index is 10.2. The second-order valence-corrected chi connectivity index (χ2v) is 6.27. The van der Waals surface area contributed by atoms with Crippen molar-refractivity contribution in [2.45, 2.75) is 38.5 Å². The first kappa shape index (κ1) is 15.7. The number of hydrogen-bond acceptors (Lipinski definition) is 4. The van der Waals surface area contributed by atoms with Crippen molar-refractivity contribution in [2.24, 2.45) is 0 Å². The third-order valence-corrected chi connectivity index (χ3v) is 4.47. The lowest BCUT2D eigenvalue weighted by atomic mass is 10.0. The van der Waals surface area contributed by atoms with Crippen molar-refractivity contribution in [2.75, 3.05) is 0 Å². The molecule has 3 nitrogen and oxygen atoms in total. The molecule has 0 saturated carbocycles. The molecule has 0 spiro atoms. The lowest BCUT2D eigenvalue weighted by Crippen LogP contribution is -2.30. The van der Waals surface area contributed by atoms with E-state index in [4.69, 9.17) is 5.26 Å². The number of thiophene rings is 1. The molecule has 0 fully saturated rings. The SMILES string of the molecule is CC(CC(O)c1cccs1)NC(C)c1cccc(C#N)c1. The zero-order valence-corrected chi connectivity index (χ0v) is 13.1. The van der Waals surface area contributed by atoms with Gasteiger partial charge in [-0.05, 0) is 49.4 Å². The van der Waals surface area contributed by atoms with Crippen LogP contribution in [0.1, 0.15) is 48.4 Å². The summed E-state index contributed by atoms with van der Waals surface area (Å²) in [7, 11) is 0. The summed E-state index contributed by atoms with van der Waals surface area (Å²) in [5, 5.41) is 24.6. The predicted molar refractivity (Wildman–Crippen MR) is 86.1 cm³/mol. The minimum atomic E-state index is -0.426. The summed E-state index contributed by atoms with van der Waals surface area (Å²) >= 11 is 1.58. The van der Waals surface area contributed by atoms with Crippen molar-refractivity contribution in [3.05, 3.63) is 57.8 Å². The quantitative estimate of drug-likeness (QED) is 0.853. The summed E-state index contributed by atoms with van der Waals surface area (Å²) in [6, 6.07) is 14.0. The van der Waals surface area contributed by atoms with Crippen molar-refractivity contribution >= 4 is 11.3 Å². The minimum absolute atomic E-state index is 0.142. The average molecular weight is 300 g/mol.